The summed E-state index contributed by atoms with van der Waals surface area (Å²) in [4.78, 5) is 29.1. The van der Waals surface area contributed by atoms with Crippen LogP contribution < -0.4 is 19.6 Å². The largest absolute Gasteiger partial charge is 0.634 e. The van der Waals surface area contributed by atoms with E-state index < -0.39 is 12.2 Å². The Kier molecular flexibility index (Phi) is 5.51. The van der Waals surface area contributed by atoms with Crippen LogP contribution >= 0.6 is 22.9 Å². The quantitative estimate of drug-likeness (QED) is 0.689. The lowest BCUT2D eigenvalue weighted by molar-refractivity contribution is -0.865. The first-order valence-electron chi connectivity index (χ1n) is 10.3. The molecular weight excluding hydrogens is 442 g/mol. The van der Waals surface area contributed by atoms with Gasteiger partial charge in [-0.3, -0.25) is 9.69 Å². The number of nitrogens with one attached hydrogen (secondary N) is 1. The van der Waals surface area contributed by atoms with E-state index in [0.717, 1.165) is 23.4 Å². The van der Waals surface area contributed by atoms with Gasteiger partial charge in [0.05, 0.1) is 14.9 Å². The fraction of sp³-hybridized carbons (Fsp3) is 0.429. The number of benzene rings is 1. The minimum atomic E-state index is -0.563. The van der Waals surface area contributed by atoms with Crippen LogP contribution in [0.3, 0.4) is 0 Å². The predicted molar refractivity (Wildman–Crippen MR) is 117 cm³/mol. The highest BCUT2D eigenvalue weighted by Crippen LogP contribution is 2.41. The zero-order chi connectivity index (χ0) is 21.5. The maximum Gasteiger partial charge on any atom is 0.415 e. The van der Waals surface area contributed by atoms with Gasteiger partial charge < -0.3 is 24.6 Å². The molecular formula is C21H22ClN3O5S. The molecule has 1 aromatic heterocycles. The van der Waals surface area contributed by atoms with Crippen molar-refractivity contribution in [3.8, 4) is 5.75 Å². The average molecular weight is 464 g/mol. The number of carbonyl (C=O) groups excluding carboxylic acids is 2. The van der Waals surface area contributed by atoms with E-state index >= 15 is 0 Å². The number of fused-ring (bicyclic) bond motifs is 3. The zero-order valence-corrected chi connectivity index (χ0v) is 18.3. The van der Waals surface area contributed by atoms with E-state index in [0.29, 0.717) is 28.7 Å². The van der Waals surface area contributed by atoms with Crippen LogP contribution in [0.5, 0.6) is 5.75 Å². The molecule has 5 rings (SSSR count). The Labute approximate surface area is 188 Å². The van der Waals surface area contributed by atoms with Gasteiger partial charge in [-0.2, -0.15) is 0 Å². The van der Waals surface area contributed by atoms with Gasteiger partial charge >= 0.3 is 6.09 Å². The summed E-state index contributed by atoms with van der Waals surface area (Å²) in [6, 6.07) is 8.67. The lowest BCUT2D eigenvalue weighted by atomic mass is 10.1. The van der Waals surface area contributed by atoms with Crippen LogP contribution in [-0.4, -0.2) is 43.8 Å². The van der Waals surface area contributed by atoms with Gasteiger partial charge in [0, 0.05) is 24.7 Å². The molecule has 3 aliphatic rings. The Morgan fingerprint density at radius 2 is 2.10 bits per heavy atom. The highest BCUT2D eigenvalue weighted by Gasteiger charge is 2.47. The molecule has 2 amide bonds. The number of halogens is 1. The first-order chi connectivity index (χ1) is 15.0. The third-order valence-corrected chi connectivity index (χ3v) is 7.12. The maximum absolute atomic E-state index is 12.6. The summed E-state index contributed by atoms with van der Waals surface area (Å²) in [7, 11) is 0. The van der Waals surface area contributed by atoms with Crippen molar-refractivity contribution in [3.05, 3.63) is 44.8 Å². The van der Waals surface area contributed by atoms with Crippen molar-refractivity contribution < 1.29 is 24.1 Å². The van der Waals surface area contributed by atoms with Crippen molar-refractivity contribution >= 4 is 46.3 Å². The van der Waals surface area contributed by atoms with Crippen LogP contribution in [0.4, 0.5) is 16.2 Å². The monoisotopic (exact) mass is 463 g/mol. The molecule has 0 saturated carbocycles. The molecule has 0 bridgehead atoms. The normalized spacial score (nSPS) is 23.8. The van der Waals surface area contributed by atoms with E-state index in [1.807, 2.05) is 12.1 Å². The number of rotatable bonds is 5. The molecule has 10 heteroatoms. The van der Waals surface area contributed by atoms with E-state index in [2.05, 4.69) is 0 Å². The summed E-state index contributed by atoms with van der Waals surface area (Å²) >= 11 is 7.31. The Balaban J connectivity index is 1.31. The highest BCUT2D eigenvalue weighted by atomic mass is 35.5. The van der Waals surface area contributed by atoms with Gasteiger partial charge in [0.1, 0.15) is 31.5 Å². The second-order valence-electron chi connectivity index (χ2n) is 7.95. The number of piperidine rings is 1. The van der Waals surface area contributed by atoms with Crippen molar-refractivity contribution in [2.75, 3.05) is 29.5 Å². The third kappa shape index (κ3) is 3.98. The van der Waals surface area contributed by atoms with Gasteiger partial charge in [0.15, 0.2) is 6.10 Å². The van der Waals surface area contributed by atoms with Crippen molar-refractivity contribution in [1.29, 1.82) is 0 Å². The molecule has 3 atom stereocenters. The van der Waals surface area contributed by atoms with Gasteiger partial charge in [0.2, 0.25) is 5.91 Å². The number of thiophene rings is 1. The number of hydrogen-bond donors (Lipinski definition) is 1. The molecule has 0 spiro atoms. The topological polar surface area (TPSA) is 86.6 Å². The van der Waals surface area contributed by atoms with E-state index in [-0.39, 0.29) is 36.7 Å². The highest BCUT2D eigenvalue weighted by molar-refractivity contribution is 7.16. The minimum Gasteiger partial charge on any atom is -0.634 e. The summed E-state index contributed by atoms with van der Waals surface area (Å²) in [6.07, 6.45) is 1.39. The summed E-state index contributed by atoms with van der Waals surface area (Å²) < 4.78 is 12.1. The summed E-state index contributed by atoms with van der Waals surface area (Å²) in [5, 5.41) is 12.5. The lowest BCUT2D eigenvalue weighted by Crippen LogP contribution is -3.07. The molecule has 1 N–H and O–H groups in total. The molecule has 0 aliphatic carbocycles. The molecule has 3 aliphatic heterocycles. The molecule has 2 fully saturated rings. The van der Waals surface area contributed by atoms with E-state index in [9.17, 15) is 14.8 Å². The van der Waals surface area contributed by atoms with Crippen molar-refractivity contribution in [1.82, 2.24) is 0 Å². The number of carbonyl (C=O) groups is 2. The molecule has 164 valence electrons. The Hall–Kier alpha value is -2.33. The Morgan fingerprint density at radius 3 is 2.87 bits per heavy atom. The molecule has 0 radical (unpaired) electrons. The van der Waals surface area contributed by atoms with Gasteiger partial charge in [-0.25, -0.2) is 4.79 Å². The third-order valence-electron chi connectivity index (χ3n) is 5.89. The smallest absolute Gasteiger partial charge is 0.415 e. The Bertz CT molecular complexity index is 1010. The predicted octanol–water partition coefficient (Wildman–Crippen LogP) is 2.59. The first kappa shape index (κ1) is 20.6. The zero-order valence-electron chi connectivity index (χ0n) is 16.7. The number of cyclic esters (lactones) is 1. The molecule has 2 aromatic rings. The second kappa shape index (κ2) is 8.31. The number of anilines is 2. The van der Waals surface area contributed by atoms with Crippen LogP contribution in [0.1, 0.15) is 24.1 Å². The second-order valence-corrected chi connectivity index (χ2v) is 9.75. The lowest BCUT2D eigenvalue weighted by Gasteiger charge is -2.34. The number of hydrogen-bond acceptors (Lipinski definition) is 6. The van der Waals surface area contributed by atoms with Gasteiger partial charge in [-0.15, -0.1) is 11.3 Å². The van der Waals surface area contributed by atoms with Crippen molar-refractivity contribution in [2.24, 2.45) is 0 Å². The van der Waals surface area contributed by atoms with E-state index in [1.165, 1.54) is 11.3 Å². The summed E-state index contributed by atoms with van der Waals surface area (Å²) in [6.45, 7) is 1.31. The molecule has 8 nitrogen and oxygen atoms in total. The van der Waals surface area contributed by atoms with Crippen molar-refractivity contribution in [3.63, 3.8) is 0 Å². The number of amides is 2. The molecule has 2 saturated heterocycles. The van der Waals surface area contributed by atoms with Crippen LogP contribution in [0.2, 0.25) is 4.34 Å². The van der Waals surface area contributed by atoms with Crippen LogP contribution in [-0.2, 0) is 16.1 Å². The average Bonchev–Trinajstić information content (AvgIpc) is 3.30. The fourth-order valence-electron chi connectivity index (χ4n) is 4.38. The number of nitrogens with zero attached hydrogens (tertiary/aromatic N) is 2. The van der Waals surface area contributed by atoms with E-state index in [4.69, 9.17) is 21.1 Å². The van der Waals surface area contributed by atoms with E-state index in [1.54, 1.807) is 28.0 Å². The number of quaternary nitrogens is 1. The number of hydroxylamine groups is 2. The SMILES string of the molecule is O=C1CCCCN1c1ccc2c(c1)OC[C@H]1[C@H](C[NH+]([O-])Cc3ccc(Cl)s3)OC(=O)N21. The maximum atomic E-state index is 12.6. The molecule has 1 aromatic carbocycles. The van der Waals surface area contributed by atoms with Crippen LogP contribution in [0.15, 0.2) is 30.3 Å². The Morgan fingerprint density at radius 1 is 1.23 bits per heavy atom. The standard InChI is InChI=1S/C21H22ClN3O5S/c22-19-7-5-14(31-19)10-23(28)11-18-16-12-29-17-9-13(24-8-2-1-3-20(24)26)4-6-15(17)25(16)21(27)30-18/h4-7,9,16,18,23H,1-3,8,10-12H2/t16-,18-/m0/s1. The molecule has 1 unspecified atom stereocenters. The van der Waals surface area contributed by atoms with Gasteiger partial charge in [-0.1, -0.05) is 11.6 Å². The summed E-state index contributed by atoms with van der Waals surface area (Å²) in [5.41, 5.74) is 1.38. The van der Waals surface area contributed by atoms with Gasteiger partial charge in [-0.05, 0) is 37.1 Å². The van der Waals surface area contributed by atoms with Gasteiger partial charge in [0.25, 0.3) is 0 Å². The van der Waals surface area contributed by atoms with Crippen molar-refractivity contribution in [2.45, 2.75) is 38.0 Å². The fourth-order valence-corrected chi connectivity index (χ4v) is 5.50. The first-order valence-corrected chi connectivity index (χ1v) is 11.5. The molecule has 4 heterocycles. The molecule has 31 heavy (non-hydrogen) atoms. The number of ether oxygens (including phenoxy) is 2. The minimum absolute atomic E-state index is 0.0112. The summed E-state index contributed by atoms with van der Waals surface area (Å²) in [5.74, 6) is 0.648. The van der Waals surface area contributed by atoms with Crippen LogP contribution in [0.25, 0.3) is 0 Å². The van der Waals surface area contributed by atoms with Crippen LogP contribution in [0, 0.1) is 5.21 Å².